The first-order valence-corrected chi connectivity index (χ1v) is 10.6. The molecule has 0 saturated carbocycles. The van der Waals surface area contributed by atoms with Crippen LogP contribution in [0.1, 0.15) is 66.7 Å². The molecule has 1 aliphatic heterocycles. The van der Waals surface area contributed by atoms with Crippen LogP contribution in [0.2, 0.25) is 0 Å². The van der Waals surface area contributed by atoms with Gasteiger partial charge in [0.05, 0.1) is 13.2 Å². The molecule has 1 unspecified atom stereocenters. The largest absolute Gasteiger partial charge is 0.444 e. The van der Waals surface area contributed by atoms with Gasteiger partial charge < -0.3 is 25.4 Å². The number of carbonyl (C=O) groups is 1. The van der Waals surface area contributed by atoms with E-state index >= 15 is 0 Å². The van der Waals surface area contributed by atoms with E-state index in [0.29, 0.717) is 13.2 Å². The van der Waals surface area contributed by atoms with Gasteiger partial charge in [-0.1, -0.05) is 31.4 Å². The van der Waals surface area contributed by atoms with Crippen LogP contribution in [-0.4, -0.2) is 56.5 Å². The maximum atomic E-state index is 12.0. The monoisotopic (exact) mass is 396 g/mol. The second kappa shape index (κ2) is 13.4. The average Bonchev–Trinajstić information content (AvgIpc) is 2.63. The number of guanidine groups is 1. The Kier molecular flexibility index (Phi) is 11.6. The number of alkyl carbamates (subject to hydrolysis) is 1. The second-order valence-electron chi connectivity index (χ2n) is 8.06. The number of nitrogens with one attached hydrogen (secondary N) is 3. The fourth-order valence-corrected chi connectivity index (χ4v) is 2.81. The van der Waals surface area contributed by atoms with Crippen LogP contribution < -0.4 is 16.0 Å². The van der Waals surface area contributed by atoms with Crippen molar-refractivity contribution >= 4 is 12.1 Å². The van der Waals surface area contributed by atoms with Crippen LogP contribution >= 0.6 is 0 Å². The van der Waals surface area contributed by atoms with E-state index in [1.54, 1.807) is 0 Å². The molecule has 0 aromatic carbocycles. The van der Waals surface area contributed by atoms with Crippen molar-refractivity contribution in [1.82, 2.24) is 16.0 Å². The molecule has 1 atom stereocenters. The van der Waals surface area contributed by atoms with Crippen molar-refractivity contribution in [3.8, 4) is 0 Å². The predicted molar refractivity (Wildman–Crippen MR) is 115 cm³/mol. The van der Waals surface area contributed by atoms with Crippen molar-refractivity contribution in [3.63, 3.8) is 0 Å². The quantitative estimate of drug-likeness (QED) is 0.300. The minimum Gasteiger partial charge on any atom is -0.444 e. The summed E-state index contributed by atoms with van der Waals surface area (Å²) in [4.78, 5) is 16.7. The van der Waals surface area contributed by atoms with Crippen LogP contribution in [-0.2, 0) is 9.47 Å². The zero-order valence-corrected chi connectivity index (χ0v) is 18.4. The van der Waals surface area contributed by atoms with Gasteiger partial charge in [0.15, 0.2) is 5.96 Å². The molecule has 0 radical (unpaired) electrons. The van der Waals surface area contributed by atoms with Gasteiger partial charge in [0.1, 0.15) is 5.60 Å². The van der Waals surface area contributed by atoms with Crippen molar-refractivity contribution in [2.75, 3.05) is 32.8 Å². The summed E-state index contributed by atoms with van der Waals surface area (Å²) in [7, 11) is 0. The normalized spacial score (nSPS) is 16.2. The van der Waals surface area contributed by atoms with Gasteiger partial charge in [0.25, 0.3) is 0 Å². The highest BCUT2D eigenvalue weighted by molar-refractivity contribution is 5.80. The molecule has 1 amide bonds. The van der Waals surface area contributed by atoms with Gasteiger partial charge >= 0.3 is 6.09 Å². The van der Waals surface area contributed by atoms with Gasteiger partial charge in [0, 0.05) is 25.7 Å². The number of nitrogens with zero attached hydrogens (tertiary/aromatic N) is 1. The Hall–Kier alpha value is -1.76. The summed E-state index contributed by atoms with van der Waals surface area (Å²) in [5, 5.41) is 9.65. The van der Waals surface area contributed by atoms with E-state index in [-0.39, 0.29) is 12.1 Å². The molecule has 162 valence electrons. The fourth-order valence-electron chi connectivity index (χ4n) is 2.81. The van der Waals surface area contributed by atoms with Crippen LogP contribution in [0.4, 0.5) is 4.79 Å². The minimum atomic E-state index is -0.494. The molecule has 0 fully saturated rings. The molecule has 1 rings (SSSR count). The Morgan fingerprint density at radius 3 is 2.71 bits per heavy atom. The first-order chi connectivity index (χ1) is 13.3. The molecule has 0 bridgehead atoms. The molecule has 0 aromatic heterocycles. The summed E-state index contributed by atoms with van der Waals surface area (Å²) >= 11 is 0. The van der Waals surface area contributed by atoms with E-state index < -0.39 is 5.60 Å². The van der Waals surface area contributed by atoms with E-state index in [2.05, 4.69) is 35.9 Å². The third kappa shape index (κ3) is 11.8. The summed E-state index contributed by atoms with van der Waals surface area (Å²) in [6.45, 7) is 13.4. The SMILES string of the molecule is CCCCC(CNC(=O)OC(C)(C)C)NC(=NCCC1=CCOCC1)NCC. The molecule has 1 heterocycles. The molecule has 7 nitrogen and oxygen atoms in total. The van der Waals surface area contributed by atoms with E-state index in [0.717, 1.165) is 57.8 Å². The molecule has 1 aliphatic rings. The first kappa shape index (κ1) is 24.3. The van der Waals surface area contributed by atoms with E-state index in [9.17, 15) is 4.79 Å². The fraction of sp³-hybridized carbons (Fsp3) is 0.810. The van der Waals surface area contributed by atoms with E-state index in [1.165, 1.54) is 5.57 Å². The van der Waals surface area contributed by atoms with Gasteiger partial charge in [-0.3, -0.25) is 4.99 Å². The highest BCUT2D eigenvalue weighted by atomic mass is 16.6. The lowest BCUT2D eigenvalue weighted by molar-refractivity contribution is 0.0522. The standard InChI is InChI=1S/C21H40N4O3/c1-6-8-9-18(16-24-20(26)28-21(3,4)5)25-19(22-7-2)23-13-10-17-11-14-27-15-12-17/h11,18H,6-10,12-16H2,1-5H3,(H,24,26)(H2,22,23,25). The van der Waals surface area contributed by atoms with Crippen LogP contribution in [0, 0.1) is 0 Å². The number of unbranched alkanes of at least 4 members (excludes halogenated alkanes) is 1. The lowest BCUT2D eigenvalue weighted by Gasteiger charge is -2.24. The molecule has 0 saturated heterocycles. The van der Waals surface area contributed by atoms with Gasteiger partial charge in [-0.2, -0.15) is 0 Å². The first-order valence-electron chi connectivity index (χ1n) is 10.6. The number of hydrogen-bond donors (Lipinski definition) is 3. The Morgan fingerprint density at radius 2 is 2.11 bits per heavy atom. The third-order valence-electron chi connectivity index (χ3n) is 4.24. The summed E-state index contributed by atoms with van der Waals surface area (Å²) in [5.41, 5.74) is 0.922. The van der Waals surface area contributed by atoms with Crippen LogP contribution in [0.3, 0.4) is 0 Å². The molecule has 0 aliphatic carbocycles. The van der Waals surface area contributed by atoms with Crippen LogP contribution in [0.5, 0.6) is 0 Å². The van der Waals surface area contributed by atoms with Crippen LogP contribution in [0.25, 0.3) is 0 Å². The van der Waals surface area contributed by atoms with Gasteiger partial charge in [0.2, 0.25) is 0 Å². The smallest absolute Gasteiger partial charge is 0.407 e. The molecule has 0 spiro atoms. The number of aliphatic imine (C=N–C) groups is 1. The number of ether oxygens (including phenoxy) is 2. The van der Waals surface area contributed by atoms with Gasteiger partial charge in [-0.25, -0.2) is 4.79 Å². The van der Waals surface area contributed by atoms with Crippen molar-refractivity contribution in [3.05, 3.63) is 11.6 Å². The predicted octanol–water partition coefficient (Wildman–Crippen LogP) is 3.36. The Balaban J connectivity index is 2.57. The molecule has 7 heteroatoms. The van der Waals surface area contributed by atoms with Crippen molar-refractivity contribution in [1.29, 1.82) is 0 Å². The molecular weight excluding hydrogens is 356 g/mol. The molecule has 28 heavy (non-hydrogen) atoms. The minimum absolute atomic E-state index is 0.104. The lowest BCUT2D eigenvalue weighted by Crippen LogP contribution is -2.49. The van der Waals surface area contributed by atoms with Crippen molar-refractivity contribution in [2.45, 2.75) is 78.4 Å². The highest BCUT2D eigenvalue weighted by Gasteiger charge is 2.18. The summed E-state index contributed by atoms with van der Waals surface area (Å²) < 4.78 is 10.7. The molecular formula is C21H40N4O3. The number of rotatable bonds is 10. The van der Waals surface area contributed by atoms with Gasteiger partial charge in [-0.15, -0.1) is 0 Å². The Bertz CT molecular complexity index is 512. The molecule has 0 aromatic rings. The van der Waals surface area contributed by atoms with Crippen LogP contribution in [0.15, 0.2) is 16.6 Å². The van der Waals surface area contributed by atoms with E-state index in [4.69, 9.17) is 14.5 Å². The maximum Gasteiger partial charge on any atom is 0.407 e. The summed E-state index contributed by atoms with van der Waals surface area (Å²) in [6, 6.07) is 0.104. The van der Waals surface area contributed by atoms with Crippen molar-refractivity contribution < 1.29 is 14.3 Å². The summed E-state index contributed by atoms with van der Waals surface area (Å²) in [5.74, 6) is 0.794. The summed E-state index contributed by atoms with van der Waals surface area (Å²) in [6.07, 6.45) is 6.87. The Morgan fingerprint density at radius 1 is 1.32 bits per heavy atom. The Labute approximate surface area is 170 Å². The van der Waals surface area contributed by atoms with Crippen molar-refractivity contribution in [2.24, 2.45) is 4.99 Å². The van der Waals surface area contributed by atoms with E-state index in [1.807, 2.05) is 20.8 Å². The number of amides is 1. The van der Waals surface area contributed by atoms with Gasteiger partial charge in [-0.05, 0) is 47.0 Å². The lowest BCUT2D eigenvalue weighted by atomic mass is 10.1. The zero-order valence-electron chi connectivity index (χ0n) is 18.4. The topological polar surface area (TPSA) is 84.0 Å². The zero-order chi connectivity index (χ0) is 20.8. The molecule has 3 N–H and O–H groups in total. The second-order valence-corrected chi connectivity index (χ2v) is 8.06. The average molecular weight is 397 g/mol. The maximum absolute atomic E-state index is 12.0. The number of carbonyl (C=O) groups excluding carboxylic acids is 1. The number of hydrogen-bond acceptors (Lipinski definition) is 4. The highest BCUT2D eigenvalue weighted by Crippen LogP contribution is 2.11. The third-order valence-corrected chi connectivity index (χ3v) is 4.24.